The first kappa shape index (κ1) is 17.5. The number of hydrogen-bond acceptors (Lipinski definition) is 6. The molecule has 1 heterocycles. The summed E-state index contributed by atoms with van der Waals surface area (Å²) < 4.78 is 5.02. The van der Waals surface area contributed by atoms with E-state index >= 15 is 0 Å². The number of ether oxygens (including phenoxy) is 1. The van der Waals surface area contributed by atoms with Crippen molar-refractivity contribution in [3.05, 3.63) is 17.5 Å². The number of methoxy groups -OCH3 is 1. The van der Waals surface area contributed by atoms with Crippen molar-refractivity contribution in [2.24, 2.45) is 0 Å². The van der Waals surface area contributed by atoms with Gasteiger partial charge in [-0.25, -0.2) is 4.98 Å². The van der Waals surface area contributed by atoms with Gasteiger partial charge in [0, 0.05) is 25.7 Å². The van der Waals surface area contributed by atoms with Crippen molar-refractivity contribution in [2.45, 2.75) is 26.3 Å². The number of hydrogen-bond donors (Lipinski definition) is 2. The van der Waals surface area contributed by atoms with Crippen LogP contribution in [-0.4, -0.2) is 48.1 Å². The first-order valence-corrected chi connectivity index (χ1v) is 7.53. The molecule has 3 N–H and O–H groups in total. The quantitative estimate of drug-likeness (QED) is 0.755. The third kappa shape index (κ3) is 5.35. The van der Waals surface area contributed by atoms with Crippen LogP contribution in [-0.2, 0) is 4.74 Å². The maximum Gasteiger partial charge on any atom is 0.268 e. The fourth-order valence-electron chi connectivity index (χ4n) is 1.64. The summed E-state index contributed by atoms with van der Waals surface area (Å²) in [5, 5.41) is 3.87. The Bertz CT molecular complexity index is 494. The number of nitrogen functional groups attached to an aromatic ring is 1. The number of aromatic nitrogens is 1. The molecule has 0 atom stereocenters. The standard InChI is InChI=1S/C14H24N4O2S/c1-6-7-18(8-9-20-5)12(19)10-11(15)16-13(21-10)17-14(2,3)4/h6H,1,7-9,15H2,2-5H3,(H,16,17). The van der Waals surface area contributed by atoms with Crippen molar-refractivity contribution >= 4 is 28.2 Å². The molecule has 7 heteroatoms. The van der Waals surface area contributed by atoms with E-state index in [4.69, 9.17) is 10.5 Å². The highest BCUT2D eigenvalue weighted by molar-refractivity contribution is 7.18. The molecule has 0 aliphatic carbocycles. The highest BCUT2D eigenvalue weighted by Gasteiger charge is 2.22. The Hall–Kier alpha value is -1.60. The maximum absolute atomic E-state index is 12.5. The van der Waals surface area contributed by atoms with Gasteiger partial charge in [-0.15, -0.1) is 6.58 Å². The van der Waals surface area contributed by atoms with Gasteiger partial charge in [0.2, 0.25) is 0 Å². The zero-order valence-electron chi connectivity index (χ0n) is 13.1. The van der Waals surface area contributed by atoms with Gasteiger partial charge in [0.05, 0.1) is 6.61 Å². The first-order valence-electron chi connectivity index (χ1n) is 6.72. The molecule has 1 aromatic rings. The van der Waals surface area contributed by atoms with Crippen LogP contribution in [0.25, 0.3) is 0 Å². The Morgan fingerprint density at radius 1 is 1.57 bits per heavy atom. The number of nitrogens with zero attached hydrogens (tertiary/aromatic N) is 2. The summed E-state index contributed by atoms with van der Waals surface area (Å²) in [4.78, 5) is 18.8. The molecule has 0 spiro atoms. The van der Waals surface area contributed by atoms with Gasteiger partial charge in [0.15, 0.2) is 5.13 Å². The van der Waals surface area contributed by atoms with E-state index in [9.17, 15) is 4.79 Å². The molecule has 1 amide bonds. The van der Waals surface area contributed by atoms with E-state index in [1.807, 2.05) is 20.8 Å². The Balaban J connectivity index is 2.91. The Kier molecular flexibility index (Phi) is 6.17. The summed E-state index contributed by atoms with van der Waals surface area (Å²) in [5.74, 6) is 0.104. The van der Waals surface area contributed by atoms with Crippen LogP contribution in [0, 0.1) is 0 Å². The monoisotopic (exact) mass is 312 g/mol. The molecule has 21 heavy (non-hydrogen) atoms. The fraction of sp³-hybridized carbons (Fsp3) is 0.571. The van der Waals surface area contributed by atoms with E-state index < -0.39 is 0 Å². The highest BCUT2D eigenvalue weighted by Crippen LogP contribution is 2.28. The minimum absolute atomic E-state index is 0.137. The van der Waals surface area contributed by atoms with Gasteiger partial charge in [-0.3, -0.25) is 4.79 Å². The van der Waals surface area contributed by atoms with Crippen molar-refractivity contribution in [3.63, 3.8) is 0 Å². The second-order valence-electron chi connectivity index (χ2n) is 5.64. The summed E-state index contributed by atoms with van der Waals surface area (Å²) in [7, 11) is 1.60. The summed E-state index contributed by atoms with van der Waals surface area (Å²) in [6.07, 6.45) is 1.68. The third-order valence-electron chi connectivity index (χ3n) is 2.53. The van der Waals surface area contributed by atoms with E-state index in [-0.39, 0.29) is 17.3 Å². The number of thiazole rings is 1. The van der Waals surface area contributed by atoms with Crippen LogP contribution in [0.3, 0.4) is 0 Å². The third-order valence-corrected chi connectivity index (χ3v) is 3.51. The molecular formula is C14H24N4O2S. The molecule has 0 aliphatic heterocycles. The molecule has 0 radical (unpaired) electrons. The Morgan fingerprint density at radius 2 is 2.24 bits per heavy atom. The number of rotatable bonds is 7. The minimum atomic E-state index is -0.149. The molecule has 0 aromatic carbocycles. The smallest absolute Gasteiger partial charge is 0.268 e. The Labute approximate surface area is 130 Å². The molecule has 0 aliphatic rings. The van der Waals surface area contributed by atoms with Crippen LogP contribution in [0.4, 0.5) is 10.9 Å². The molecule has 1 aromatic heterocycles. The van der Waals surface area contributed by atoms with Crippen LogP contribution in [0.1, 0.15) is 30.4 Å². The molecule has 0 bridgehead atoms. The molecule has 0 fully saturated rings. The van der Waals surface area contributed by atoms with E-state index in [0.717, 1.165) is 0 Å². The van der Waals surface area contributed by atoms with E-state index in [2.05, 4.69) is 16.9 Å². The zero-order valence-corrected chi connectivity index (χ0v) is 13.9. The van der Waals surface area contributed by atoms with Gasteiger partial charge in [-0.05, 0) is 20.8 Å². The van der Waals surface area contributed by atoms with Crippen LogP contribution < -0.4 is 11.1 Å². The lowest BCUT2D eigenvalue weighted by Crippen LogP contribution is -2.34. The Morgan fingerprint density at radius 3 is 2.76 bits per heavy atom. The zero-order chi connectivity index (χ0) is 16.0. The molecule has 6 nitrogen and oxygen atoms in total. The number of nitrogens with two attached hydrogens (primary N) is 1. The summed E-state index contributed by atoms with van der Waals surface area (Å²) >= 11 is 1.27. The van der Waals surface area contributed by atoms with Crippen molar-refractivity contribution < 1.29 is 9.53 Å². The number of nitrogens with one attached hydrogen (secondary N) is 1. The van der Waals surface area contributed by atoms with Crippen molar-refractivity contribution in [1.29, 1.82) is 0 Å². The average molecular weight is 312 g/mol. The summed E-state index contributed by atoms with van der Waals surface area (Å²) in [5.41, 5.74) is 5.74. The van der Waals surface area contributed by atoms with Gasteiger partial charge in [0.25, 0.3) is 5.91 Å². The van der Waals surface area contributed by atoms with Gasteiger partial charge < -0.3 is 20.7 Å². The molecule has 1 rings (SSSR count). The van der Waals surface area contributed by atoms with Gasteiger partial charge >= 0.3 is 0 Å². The first-order chi connectivity index (χ1) is 9.78. The normalized spacial score (nSPS) is 11.2. The molecule has 0 unspecified atom stereocenters. The molecule has 0 saturated carbocycles. The predicted octanol–water partition coefficient (Wildman–Crippen LogP) is 2.21. The number of amides is 1. The number of anilines is 2. The molecule has 0 saturated heterocycles. The van der Waals surface area contributed by atoms with E-state index in [1.54, 1.807) is 18.1 Å². The lowest BCUT2D eigenvalue weighted by atomic mass is 10.1. The summed E-state index contributed by atoms with van der Waals surface area (Å²) in [6, 6.07) is 0. The van der Waals surface area contributed by atoms with Crippen molar-refractivity contribution in [3.8, 4) is 0 Å². The predicted molar refractivity (Wildman–Crippen MR) is 87.9 cm³/mol. The molecule has 118 valence electrons. The SMILES string of the molecule is C=CCN(CCOC)C(=O)c1sc(NC(C)(C)C)nc1N. The average Bonchev–Trinajstić information content (AvgIpc) is 2.72. The van der Waals surface area contributed by atoms with Crippen LogP contribution in [0.15, 0.2) is 12.7 Å². The number of carbonyl (C=O) groups is 1. The van der Waals surface area contributed by atoms with Crippen molar-refractivity contribution in [1.82, 2.24) is 9.88 Å². The number of carbonyl (C=O) groups excluding carboxylic acids is 1. The second kappa shape index (κ2) is 7.42. The fourth-order valence-corrected chi connectivity index (χ4v) is 2.70. The second-order valence-corrected chi connectivity index (χ2v) is 6.64. The van der Waals surface area contributed by atoms with Gasteiger partial charge in [-0.2, -0.15) is 0 Å². The topological polar surface area (TPSA) is 80.5 Å². The largest absolute Gasteiger partial charge is 0.383 e. The molecular weight excluding hydrogens is 288 g/mol. The van der Waals surface area contributed by atoms with Crippen LogP contribution in [0.2, 0.25) is 0 Å². The van der Waals surface area contributed by atoms with E-state index in [1.165, 1.54) is 11.3 Å². The lowest BCUT2D eigenvalue weighted by Gasteiger charge is -2.20. The summed E-state index contributed by atoms with van der Waals surface area (Å²) in [6.45, 7) is 11.1. The maximum atomic E-state index is 12.5. The van der Waals surface area contributed by atoms with Crippen LogP contribution >= 0.6 is 11.3 Å². The van der Waals surface area contributed by atoms with E-state index in [0.29, 0.717) is 29.7 Å². The minimum Gasteiger partial charge on any atom is -0.383 e. The van der Waals surface area contributed by atoms with Crippen molar-refractivity contribution in [2.75, 3.05) is 37.9 Å². The van der Waals surface area contributed by atoms with Gasteiger partial charge in [0.1, 0.15) is 10.7 Å². The van der Waals surface area contributed by atoms with Gasteiger partial charge in [-0.1, -0.05) is 17.4 Å². The lowest BCUT2D eigenvalue weighted by molar-refractivity contribution is 0.0723. The van der Waals surface area contributed by atoms with Crippen LogP contribution in [0.5, 0.6) is 0 Å². The highest BCUT2D eigenvalue weighted by atomic mass is 32.1.